The highest BCUT2D eigenvalue weighted by molar-refractivity contribution is 5.99. The van der Waals surface area contributed by atoms with Crippen LogP contribution in [0.4, 0.5) is 0 Å². The van der Waals surface area contributed by atoms with Crippen molar-refractivity contribution in [2.75, 3.05) is 13.1 Å². The normalized spacial score (nSPS) is 11.0. The van der Waals surface area contributed by atoms with Crippen LogP contribution in [0.3, 0.4) is 0 Å². The molecule has 0 aliphatic heterocycles. The molecular formula is C120H228N2O14. The van der Waals surface area contributed by atoms with Gasteiger partial charge in [-0.1, -0.05) is 463 Å². The second kappa shape index (κ2) is 142. The molecule has 0 saturated heterocycles. The molecule has 0 aromatic carbocycles. The SMILES string of the molecule is CCC.CCC.CCCCCCCC/C=C\CCCCCCCC(=O)O.CCCCCCCC/C=C\CCCCCCCC(=O)O.CCCCCCCC/C=C\CCCCCCCC(=O)O.CCCCCCCC/C=C\CCCCCCCC(=O)O.CCCCCCCC/C=C\CCCCCCCC(=O)OC(=O)/C=C\C(=O)OC(=O)CCCCCCC/C=C\CCCCCCCC.NCCN. The second-order valence-electron chi connectivity index (χ2n) is 37.5. The number of ether oxygens (including phenoxy) is 2. The summed E-state index contributed by atoms with van der Waals surface area (Å²) in [6, 6.07) is 0. The van der Waals surface area contributed by atoms with Gasteiger partial charge in [0, 0.05) is 63.8 Å². The summed E-state index contributed by atoms with van der Waals surface area (Å²) in [7, 11) is 0. The third kappa shape index (κ3) is 171. The Bertz CT molecular complexity index is 2320. The molecule has 802 valence electrons. The lowest BCUT2D eigenvalue weighted by molar-refractivity contribution is -0.159. The molecule has 136 heavy (non-hydrogen) atoms. The van der Waals surface area contributed by atoms with Crippen molar-refractivity contribution in [2.24, 2.45) is 11.5 Å². The molecule has 0 rings (SSSR count). The Morgan fingerprint density at radius 1 is 0.176 bits per heavy atom. The average Bonchev–Trinajstić information content (AvgIpc) is 0.962. The summed E-state index contributed by atoms with van der Waals surface area (Å²) in [6.45, 7) is 23.2. The molecule has 0 heterocycles. The zero-order chi connectivity index (χ0) is 102. The first-order valence-corrected chi connectivity index (χ1v) is 57.7. The van der Waals surface area contributed by atoms with Crippen LogP contribution < -0.4 is 11.5 Å². The van der Waals surface area contributed by atoms with E-state index in [4.69, 9.17) is 41.4 Å². The highest BCUT2D eigenvalue weighted by Gasteiger charge is 2.12. The van der Waals surface area contributed by atoms with Gasteiger partial charge in [0.25, 0.3) is 0 Å². The molecule has 0 atom stereocenters. The Morgan fingerprint density at radius 3 is 0.404 bits per heavy atom. The number of aliphatic carboxylic acids is 4. The number of allylic oxidation sites excluding steroid dienone is 12. The van der Waals surface area contributed by atoms with Gasteiger partial charge in [0.1, 0.15) is 0 Å². The van der Waals surface area contributed by atoms with Crippen molar-refractivity contribution in [3.05, 3.63) is 85.1 Å². The van der Waals surface area contributed by atoms with Crippen molar-refractivity contribution < 1.29 is 68.3 Å². The Morgan fingerprint density at radius 2 is 0.287 bits per heavy atom. The van der Waals surface area contributed by atoms with E-state index in [9.17, 15) is 38.4 Å². The Kier molecular flexibility index (Phi) is 152. The van der Waals surface area contributed by atoms with Crippen molar-refractivity contribution >= 4 is 47.8 Å². The van der Waals surface area contributed by atoms with E-state index in [1.54, 1.807) is 0 Å². The summed E-state index contributed by atoms with van der Waals surface area (Å²) in [5, 5.41) is 34.0. The fraction of sp³-hybridized carbons (Fsp3) is 0.817. The van der Waals surface area contributed by atoms with E-state index >= 15 is 0 Å². The smallest absolute Gasteiger partial charge is 0.338 e. The predicted molar refractivity (Wildman–Crippen MR) is 589 cm³/mol. The quantitative estimate of drug-likeness (QED) is 0.0108. The Labute approximate surface area is 842 Å². The van der Waals surface area contributed by atoms with Crippen LogP contribution in [0.1, 0.15) is 621 Å². The first-order valence-electron chi connectivity index (χ1n) is 57.7. The highest BCUT2D eigenvalue weighted by atomic mass is 16.6. The van der Waals surface area contributed by atoms with Crippen LogP contribution in [0.5, 0.6) is 0 Å². The number of nitrogens with two attached hydrogens (primary N) is 2. The molecule has 0 aliphatic carbocycles. The fourth-order valence-corrected chi connectivity index (χ4v) is 14.6. The van der Waals surface area contributed by atoms with Gasteiger partial charge in [-0.05, 0) is 193 Å². The third-order valence-electron chi connectivity index (χ3n) is 22.8. The molecule has 0 saturated carbocycles. The lowest BCUT2D eigenvalue weighted by atomic mass is 10.1. The summed E-state index contributed by atoms with van der Waals surface area (Å²) in [5.41, 5.74) is 9.81. The largest absolute Gasteiger partial charge is 0.481 e. The number of carboxylic acid groups (broad SMARTS) is 4. The summed E-state index contributed by atoms with van der Waals surface area (Å²) in [4.78, 5) is 88.6. The second-order valence-corrected chi connectivity index (χ2v) is 37.5. The van der Waals surface area contributed by atoms with Crippen LogP contribution in [0.25, 0.3) is 0 Å². The molecule has 0 amide bonds. The maximum Gasteiger partial charge on any atom is 0.338 e. The zero-order valence-corrected chi connectivity index (χ0v) is 91.3. The first kappa shape index (κ1) is 146. The van der Waals surface area contributed by atoms with Crippen LogP contribution in [0.15, 0.2) is 85.1 Å². The van der Waals surface area contributed by atoms with Gasteiger partial charge in [0.2, 0.25) is 0 Å². The van der Waals surface area contributed by atoms with E-state index in [1.165, 1.54) is 385 Å². The number of hydrogen-bond acceptors (Lipinski definition) is 12. The van der Waals surface area contributed by atoms with Crippen LogP contribution in [0, 0.1) is 0 Å². The summed E-state index contributed by atoms with van der Waals surface area (Å²) >= 11 is 0. The van der Waals surface area contributed by atoms with Gasteiger partial charge in [-0.2, -0.15) is 0 Å². The minimum Gasteiger partial charge on any atom is -0.481 e. The maximum atomic E-state index is 11.9. The number of carboxylic acids is 4. The lowest BCUT2D eigenvalue weighted by Crippen LogP contribution is -2.12. The van der Waals surface area contributed by atoms with Gasteiger partial charge in [-0.25, -0.2) is 9.59 Å². The number of hydrogen-bond donors (Lipinski definition) is 6. The summed E-state index contributed by atoms with van der Waals surface area (Å²) in [5.74, 6) is -5.74. The number of esters is 4. The minimum absolute atomic E-state index is 0.163. The predicted octanol–water partition coefficient (Wildman–Crippen LogP) is 37.9. The zero-order valence-electron chi connectivity index (χ0n) is 91.3. The molecule has 16 nitrogen and oxygen atoms in total. The average molecular weight is 1920 g/mol. The number of rotatable bonds is 93. The van der Waals surface area contributed by atoms with Crippen LogP contribution >= 0.6 is 0 Å². The summed E-state index contributed by atoms with van der Waals surface area (Å²) < 4.78 is 9.43. The first-order chi connectivity index (χ1) is 66.3. The van der Waals surface area contributed by atoms with Crippen molar-refractivity contribution in [1.82, 2.24) is 0 Å². The topological polar surface area (TPSA) is 288 Å². The van der Waals surface area contributed by atoms with Crippen LogP contribution in [-0.4, -0.2) is 81.3 Å². The number of carbonyl (C=O) groups is 8. The number of carbonyl (C=O) groups excluding carboxylic acids is 4. The van der Waals surface area contributed by atoms with E-state index < -0.39 is 47.8 Å². The monoisotopic (exact) mass is 1920 g/mol. The highest BCUT2D eigenvalue weighted by Crippen LogP contribution is 2.19. The molecule has 0 unspecified atom stereocenters. The molecule has 0 radical (unpaired) electrons. The fourth-order valence-electron chi connectivity index (χ4n) is 14.6. The van der Waals surface area contributed by atoms with Gasteiger partial charge in [0.05, 0.1) is 0 Å². The van der Waals surface area contributed by atoms with E-state index in [1.807, 2.05) is 0 Å². The van der Waals surface area contributed by atoms with Gasteiger partial charge in [0.15, 0.2) is 0 Å². The van der Waals surface area contributed by atoms with Gasteiger partial charge >= 0.3 is 47.8 Å². The Balaban J connectivity index is -0.000000258. The summed E-state index contributed by atoms with van der Waals surface area (Å²) in [6.07, 6.45) is 129. The molecule has 0 aliphatic rings. The van der Waals surface area contributed by atoms with Crippen LogP contribution in [-0.2, 0) is 47.8 Å². The number of unbranched alkanes of at least 4 members (excludes halogenated alkanes) is 66. The Hall–Kier alpha value is -5.74. The van der Waals surface area contributed by atoms with Gasteiger partial charge in [-0.15, -0.1) is 0 Å². The molecule has 8 N–H and O–H groups in total. The third-order valence-corrected chi connectivity index (χ3v) is 22.8. The van der Waals surface area contributed by atoms with Crippen molar-refractivity contribution in [2.45, 2.75) is 621 Å². The van der Waals surface area contributed by atoms with Crippen LogP contribution in [0.2, 0.25) is 0 Å². The van der Waals surface area contributed by atoms with Crippen molar-refractivity contribution in [1.29, 1.82) is 0 Å². The van der Waals surface area contributed by atoms with Crippen molar-refractivity contribution in [3.63, 3.8) is 0 Å². The maximum absolute atomic E-state index is 11.9. The van der Waals surface area contributed by atoms with E-state index in [-0.39, 0.29) is 12.8 Å². The van der Waals surface area contributed by atoms with E-state index in [0.717, 1.165) is 128 Å². The van der Waals surface area contributed by atoms with Gasteiger partial charge in [-0.3, -0.25) is 28.8 Å². The molecule has 0 bridgehead atoms. The van der Waals surface area contributed by atoms with Gasteiger partial charge < -0.3 is 41.4 Å². The molecule has 0 fully saturated rings. The molecule has 16 heteroatoms. The van der Waals surface area contributed by atoms with E-state index in [0.29, 0.717) is 51.6 Å². The minimum atomic E-state index is -0.931. The molecule has 0 aromatic rings. The molecule has 0 aromatic heterocycles. The standard InChI is InChI=1S/C40H68O6.4C18H34O2.2C3H8.C2H8N2/c1-3-5-7-9-11-13-15-17-19-21-23-25-27-29-31-33-37(41)45-39(43)35-36-40(44)46-38(42)34-32-30-28-26-24-22-20-18-16-14-12-10-8-6-4-2;4*1-2-3-4-5-6-7-8-9-10-11-12-13-14-15-16-17-18(19)20;2*1-3-2;3-1-2-4/h17-20,35-36H,3-16,21-34H2,1-2H3;4*9-10H,2-8,11-17H2,1H3,(H,19,20);2*3H2,1-2H3;1-4H2/b19-17-,20-18-,36-35-;4*10-9-;;;. The molecular weight excluding hydrogens is 1690 g/mol. The molecule has 0 spiro atoms. The lowest BCUT2D eigenvalue weighted by Gasteiger charge is -2.02. The van der Waals surface area contributed by atoms with Crippen molar-refractivity contribution in [3.8, 4) is 0 Å². The van der Waals surface area contributed by atoms with E-state index in [2.05, 4.69) is 142 Å².